The SMILES string of the molecule is COc1cc2c(C)cc(-c3cnc(C(C)(C)C)nc3)nc2cc1NS(C)(=O)=O. The summed E-state index contributed by atoms with van der Waals surface area (Å²) in [6.07, 6.45) is 4.63. The molecule has 2 heterocycles. The summed E-state index contributed by atoms with van der Waals surface area (Å²) in [5.41, 5.74) is 3.38. The lowest BCUT2D eigenvalue weighted by Gasteiger charge is -2.16. The molecule has 0 aliphatic heterocycles. The largest absolute Gasteiger partial charge is 0.495 e. The van der Waals surface area contributed by atoms with E-state index in [4.69, 9.17) is 9.72 Å². The van der Waals surface area contributed by atoms with Gasteiger partial charge in [-0.3, -0.25) is 4.72 Å². The van der Waals surface area contributed by atoms with Crippen LogP contribution in [0.25, 0.3) is 22.2 Å². The van der Waals surface area contributed by atoms with E-state index in [0.717, 1.165) is 34.3 Å². The van der Waals surface area contributed by atoms with Gasteiger partial charge >= 0.3 is 0 Å². The first-order valence-corrected chi connectivity index (χ1v) is 10.7. The summed E-state index contributed by atoms with van der Waals surface area (Å²) in [4.78, 5) is 13.6. The van der Waals surface area contributed by atoms with E-state index in [1.807, 2.05) is 13.0 Å². The molecular weight excluding hydrogens is 376 g/mol. The maximum Gasteiger partial charge on any atom is 0.229 e. The van der Waals surface area contributed by atoms with Crippen molar-refractivity contribution >= 4 is 26.6 Å². The minimum atomic E-state index is -3.45. The Kier molecular flexibility index (Phi) is 5.01. The first-order valence-electron chi connectivity index (χ1n) is 8.78. The first-order chi connectivity index (χ1) is 13.0. The number of nitrogens with one attached hydrogen (secondary N) is 1. The van der Waals surface area contributed by atoms with Gasteiger partial charge in [-0.1, -0.05) is 20.8 Å². The van der Waals surface area contributed by atoms with Crippen LogP contribution in [0.1, 0.15) is 32.2 Å². The number of anilines is 1. The van der Waals surface area contributed by atoms with Crippen LogP contribution < -0.4 is 9.46 Å². The molecule has 0 atom stereocenters. The molecule has 3 aromatic rings. The zero-order valence-electron chi connectivity index (χ0n) is 16.9. The van der Waals surface area contributed by atoms with E-state index in [1.54, 1.807) is 24.5 Å². The van der Waals surface area contributed by atoms with Gasteiger partial charge in [0.2, 0.25) is 10.0 Å². The Balaban J connectivity index is 2.13. The van der Waals surface area contributed by atoms with Gasteiger partial charge < -0.3 is 4.74 Å². The highest BCUT2D eigenvalue weighted by Crippen LogP contribution is 2.33. The number of hydrogen-bond donors (Lipinski definition) is 1. The van der Waals surface area contributed by atoms with Crippen LogP contribution in [-0.4, -0.2) is 36.7 Å². The van der Waals surface area contributed by atoms with Gasteiger partial charge in [0.05, 0.1) is 30.3 Å². The molecule has 0 aliphatic rings. The Morgan fingerprint density at radius 3 is 2.25 bits per heavy atom. The van der Waals surface area contributed by atoms with E-state index in [2.05, 4.69) is 35.5 Å². The number of fused-ring (bicyclic) bond motifs is 1. The van der Waals surface area contributed by atoms with Gasteiger partial charge in [0, 0.05) is 28.8 Å². The molecule has 2 aromatic heterocycles. The normalized spacial score (nSPS) is 12.2. The minimum absolute atomic E-state index is 0.131. The fourth-order valence-corrected chi connectivity index (χ4v) is 3.42. The van der Waals surface area contributed by atoms with Gasteiger partial charge in [-0.15, -0.1) is 0 Å². The van der Waals surface area contributed by atoms with Gasteiger partial charge in [-0.25, -0.2) is 23.4 Å². The molecule has 0 unspecified atom stereocenters. The quantitative estimate of drug-likeness (QED) is 0.718. The van der Waals surface area contributed by atoms with Crippen LogP contribution in [0.15, 0.2) is 30.6 Å². The molecule has 28 heavy (non-hydrogen) atoms. The van der Waals surface area contributed by atoms with E-state index < -0.39 is 10.0 Å². The van der Waals surface area contributed by atoms with Crippen LogP contribution in [-0.2, 0) is 15.4 Å². The molecule has 148 valence electrons. The standard InChI is InChI=1S/C20H24N4O3S/c1-12-7-15(13-10-21-19(22-11-13)20(2,3)4)23-16-9-17(24-28(6,25)26)18(27-5)8-14(12)16/h7-11,24H,1-6H3. The molecule has 0 saturated carbocycles. The zero-order valence-corrected chi connectivity index (χ0v) is 17.7. The van der Waals surface area contributed by atoms with Crippen molar-refractivity contribution in [3.05, 3.63) is 42.0 Å². The molecule has 7 nitrogen and oxygen atoms in total. The van der Waals surface area contributed by atoms with E-state index in [9.17, 15) is 8.42 Å². The van der Waals surface area contributed by atoms with Gasteiger partial charge in [0.1, 0.15) is 11.6 Å². The monoisotopic (exact) mass is 400 g/mol. The van der Waals surface area contributed by atoms with Crippen LogP contribution in [0.5, 0.6) is 5.75 Å². The minimum Gasteiger partial charge on any atom is -0.495 e. The van der Waals surface area contributed by atoms with Crippen molar-refractivity contribution in [2.24, 2.45) is 0 Å². The number of benzene rings is 1. The predicted octanol–water partition coefficient (Wildman–Crippen LogP) is 3.68. The third-order valence-electron chi connectivity index (χ3n) is 4.25. The van der Waals surface area contributed by atoms with Crippen molar-refractivity contribution in [1.82, 2.24) is 15.0 Å². The van der Waals surface area contributed by atoms with Crippen molar-refractivity contribution in [2.45, 2.75) is 33.1 Å². The third kappa shape index (κ3) is 4.22. The fourth-order valence-electron chi connectivity index (χ4n) is 2.87. The summed E-state index contributed by atoms with van der Waals surface area (Å²) >= 11 is 0. The number of nitrogens with zero attached hydrogens (tertiary/aromatic N) is 3. The number of aryl methyl sites for hydroxylation is 1. The van der Waals surface area contributed by atoms with Crippen molar-refractivity contribution in [3.8, 4) is 17.0 Å². The maximum atomic E-state index is 11.7. The second-order valence-electron chi connectivity index (χ2n) is 7.81. The van der Waals surface area contributed by atoms with E-state index in [0.29, 0.717) is 17.0 Å². The number of sulfonamides is 1. The molecule has 0 amide bonds. The Morgan fingerprint density at radius 2 is 1.71 bits per heavy atom. The molecular formula is C20H24N4O3S. The second kappa shape index (κ2) is 7.01. The summed E-state index contributed by atoms with van der Waals surface area (Å²) in [5.74, 6) is 1.20. The van der Waals surface area contributed by atoms with Crippen LogP contribution in [0.3, 0.4) is 0 Å². The highest BCUT2D eigenvalue weighted by molar-refractivity contribution is 7.92. The number of ether oxygens (including phenoxy) is 1. The van der Waals surface area contributed by atoms with E-state index >= 15 is 0 Å². The van der Waals surface area contributed by atoms with Crippen molar-refractivity contribution < 1.29 is 13.2 Å². The van der Waals surface area contributed by atoms with Gasteiger partial charge in [0.15, 0.2) is 0 Å². The van der Waals surface area contributed by atoms with Crippen LogP contribution in [0.2, 0.25) is 0 Å². The van der Waals surface area contributed by atoms with Crippen LogP contribution >= 0.6 is 0 Å². The highest BCUT2D eigenvalue weighted by Gasteiger charge is 2.18. The summed E-state index contributed by atoms with van der Waals surface area (Å²) in [7, 11) is -1.95. The van der Waals surface area contributed by atoms with E-state index in [1.165, 1.54) is 7.11 Å². The number of aromatic nitrogens is 3. The molecule has 0 saturated heterocycles. The lowest BCUT2D eigenvalue weighted by atomic mass is 9.95. The summed E-state index contributed by atoms with van der Waals surface area (Å²) in [5, 5.41) is 0.881. The maximum absolute atomic E-state index is 11.7. The van der Waals surface area contributed by atoms with Gasteiger partial charge in [-0.05, 0) is 30.7 Å². The van der Waals surface area contributed by atoms with E-state index in [-0.39, 0.29) is 5.41 Å². The average molecular weight is 401 g/mol. The predicted molar refractivity (Wildman–Crippen MR) is 111 cm³/mol. The molecule has 0 bridgehead atoms. The lowest BCUT2D eigenvalue weighted by Crippen LogP contribution is -2.15. The van der Waals surface area contributed by atoms with Crippen molar-refractivity contribution in [1.29, 1.82) is 0 Å². The zero-order chi connectivity index (χ0) is 20.7. The average Bonchev–Trinajstić information content (AvgIpc) is 2.59. The molecule has 1 aromatic carbocycles. The number of rotatable bonds is 4. The topological polar surface area (TPSA) is 94.1 Å². The Labute approximate surface area is 165 Å². The first kappa shape index (κ1) is 20.0. The fraction of sp³-hybridized carbons (Fsp3) is 0.350. The third-order valence-corrected chi connectivity index (χ3v) is 4.84. The van der Waals surface area contributed by atoms with Gasteiger partial charge in [0.25, 0.3) is 0 Å². The number of hydrogen-bond acceptors (Lipinski definition) is 6. The van der Waals surface area contributed by atoms with Crippen molar-refractivity contribution in [3.63, 3.8) is 0 Å². The van der Waals surface area contributed by atoms with Gasteiger partial charge in [-0.2, -0.15) is 0 Å². The molecule has 0 spiro atoms. The van der Waals surface area contributed by atoms with Crippen molar-refractivity contribution in [2.75, 3.05) is 18.1 Å². The number of pyridine rings is 1. The second-order valence-corrected chi connectivity index (χ2v) is 9.56. The molecule has 3 rings (SSSR count). The molecule has 8 heteroatoms. The smallest absolute Gasteiger partial charge is 0.229 e. The molecule has 0 radical (unpaired) electrons. The molecule has 0 aliphatic carbocycles. The summed E-state index contributed by atoms with van der Waals surface area (Å²) in [6.45, 7) is 8.15. The Hall–Kier alpha value is -2.74. The Morgan fingerprint density at radius 1 is 1.07 bits per heavy atom. The number of methoxy groups -OCH3 is 1. The Bertz CT molecular complexity index is 1130. The summed E-state index contributed by atoms with van der Waals surface area (Å²) < 4.78 is 31.2. The lowest BCUT2D eigenvalue weighted by molar-refractivity contribution is 0.417. The highest BCUT2D eigenvalue weighted by atomic mass is 32.2. The molecule has 0 fully saturated rings. The summed E-state index contributed by atoms with van der Waals surface area (Å²) in [6, 6.07) is 5.42. The van der Waals surface area contributed by atoms with Crippen LogP contribution in [0.4, 0.5) is 5.69 Å². The molecule has 1 N–H and O–H groups in total. The van der Waals surface area contributed by atoms with Crippen LogP contribution in [0, 0.1) is 6.92 Å².